The van der Waals surface area contributed by atoms with Crippen LogP contribution in [0.2, 0.25) is 0 Å². The summed E-state index contributed by atoms with van der Waals surface area (Å²) in [5, 5.41) is 16.5. The van der Waals surface area contributed by atoms with Crippen molar-refractivity contribution in [2.45, 2.75) is 100 Å². The summed E-state index contributed by atoms with van der Waals surface area (Å²) in [6.45, 7) is 3.16. The Kier molecular flexibility index (Phi) is 9.79. The number of amides is 4. The predicted molar refractivity (Wildman–Crippen MR) is 190 cm³/mol. The second-order valence-electron chi connectivity index (χ2n) is 15.5. The minimum atomic E-state index is -4.38. The summed E-state index contributed by atoms with van der Waals surface area (Å²) in [5.41, 5.74) is -0.583. The van der Waals surface area contributed by atoms with E-state index in [9.17, 15) is 37.1 Å². The number of benzene rings is 1. The lowest BCUT2D eigenvalue weighted by atomic mass is 9.88. The van der Waals surface area contributed by atoms with Crippen molar-refractivity contribution >= 4 is 44.6 Å². The van der Waals surface area contributed by atoms with Gasteiger partial charge in [-0.15, -0.1) is 0 Å². The first-order valence-electron chi connectivity index (χ1n) is 18.4. The molecule has 5 aliphatic rings. The Hall–Kier alpha value is -4.47. The highest BCUT2D eigenvalue weighted by molar-refractivity contribution is 7.91. The van der Waals surface area contributed by atoms with Crippen molar-refractivity contribution in [3.63, 3.8) is 0 Å². The summed E-state index contributed by atoms with van der Waals surface area (Å²) in [5.74, 6) is -2.16. The van der Waals surface area contributed by atoms with E-state index in [4.69, 9.17) is 9.47 Å². The number of sulfonamides is 1. The van der Waals surface area contributed by atoms with Crippen molar-refractivity contribution in [3.8, 4) is 11.6 Å². The van der Waals surface area contributed by atoms with Crippen LogP contribution in [-0.2, 0) is 30.8 Å². The van der Waals surface area contributed by atoms with Crippen molar-refractivity contribution < 1.29 is 46.6 Å². The normalized spacial score (nSPS) is 31.6. The third kappa shape index (κ3) is 7.01. The highest BCUT2D eigenvalue weighted by Crippen LogP contribution is 2.48. The van der Waals surface area contributed by atoms with Gasteiger partial charge in [0.15, 0.2) is 0 Å². The molecule has 0 spiro atoms. The number of pyridine rings is 1. The number of allylic oxidation sites excluding steroid dienone is 1. The zero-order valence-electron chi connectivity index (χ0n) is 29.8. The van der Waals surface area contributed by atoms with Gasteiger partial charge in [0.1, 0.15) is 40.9 Å². The molecule has 0 radical (unpaired) electrons. The first-order valence-corrected chi connectivity index (χ1v) is 19.9. The van der Waals surface area contributed by atoms with Gasteiger partial charge in [0.2, 0.25) is 27.7 Å². The van der Waals surface area contributed by atoms with Crippen LogP contribution in [0, 0.1) is 17.8 Å². The molecule has 4 N–H and O–H groups in total. The van der Waals surface area contributed by atoms with Crippen LogP contribution in [0.1, 0.15) is 70.8 Å². The molecule has 4 heterocycles. The number of ether oxygens (including phenoxy) is 2. The first-order chi connectivity index (χ1) is 25.3. The Labute approximate surface area is 307 Å². The number of alkyl halides is 1. The summed E-state index contributed by atoms with van der Waals surface area (Å²) in [4.78, 5) is 60.3. The Morgan fingerprint density at radius 3 is 2.70 bits per heavy atom. The number of rotatable bonds is 7. The van der Waals surface area contributed by atoms with Gasteiger partial charge in [-0.2, -0.15) is 0 Å². The van der Waals surface area contributed by atoms with Crippen LogP contribution in [0.25, 0.3) is 10.8 Å². The molecule has 7 atom stereocenters. The van der Waals surface area contributed by atoms with Crippen molar-refractivity contribution in [1.82, 2.24) is 25.2 Å². The number of hydrogen-bond acceptors (Lipinski definition) is 9. The molecule has 1 saturated heterocycles. The molecule has 2 aliphatic carbocycles. The molecule has 3 aliphatic heterocycles. The molecule has 53 heavy (non-hydrogen) atoms. The Bertz CT molecular complexity index is 1960. The van der Waals surface area contributed by atoms with Crippen molar-refractivity contribution in [2.75, 3.05) is 19.8 Å². The van der Waals surface area contributed by atoms with Gasteiger partial charge in [-0.3, -0.25) is 19.1 Å². The van der Waals surface area contributed by atoms with Crippen LogP contribution < -0.4 is 24.8 Å². The maximum absolute atomic E-state index is 14.4. The smallest absolute Gasteiger partial charge is 0.405 e. The fraction of sp³-hybridized carbons (Fsp3) is 0.595. The largest absolute Gasteiger partial charge is 0.493 e. The van der Waals surface area contributed by atoms with E-state index in [1.54, 1.807) is 19.2 Å². The standard InChI is InChI=1S/C37H46FN5O9S/c1-21-6-3-4-8-24-18-37(24,34(46)42-53(49,50)36(20-38)12-13-36)41-31(44)28-17-25(19-43(28)33(45)29(22(2)16-21)40-35(47)48)52-32-27-10-9-23-7-5-15-51-30(23)26(27)11-14-39-32/h4,8-11,14,21-22,24-25,28-29,40H,3,5-7,12-13,15-20H2,1-2H3,(H,41,44)(H,42,46)(H,47,48)/b8-4-/t21-,22-,24-,25-,28+,29+,37-/m1/s1. The van der Waals surface area contributed by atoms with Crippen LogP contribution in [0.4, 0.5) is 9.18 Å². The van der Waals surface area contributed by atoms with Crippen LogP contribution in [0.5, 0.6) is 11.6 Å². The summed E-state index contributed by atoms with van der Waals surface area (Å²) in [6.07, 6.45) is 6.98. The van der Waals surface area contributed by atoms with Gasteiger partial charge >= 0.3 is 6.09 Å². The second-order valence-corrected chi connectivity index (χ2v) is 17.5. The second kappa shape index (κ2) is 14.1. The number of hydrogen-bond donors (Lipinski definition) is 4. The molecule has 0 unspecified atom stereocenters. The number of nitrogens with one attached hydrogen (secondary N) is 3. The number of carbonyl (C=O) groups excluding carboxylic acids is 3. The van der Waals surface area contributed by atoms with Gasteiger partial charge in [0.25, 0.3) is 5.91 Å². The highest BCUT2D eigenvalue weighted by Gasteiger charge is 2.64. The van der Waals surface area contributed by atoms with Crippen LogP contribution >= 0.6 is 0 Å². The molecular weight excluding hydrogens is 709 g/mol. The number of aromatic nitrogens is 1. The van der Waals surface area contributed by atoms with Gasteiger partial charge in [-0.25, -0.2) is 22.6 Å². The van der Waals surface area contributed by atoms with E-state index < -0.39 is 80.8 Å². The molecule has 4 amide bonds. The molecule has 7 rings (SSSR count). The van der Waals surface area contributed by atoms with E-state index in [2.05, 4.69) is 20.3 Å². The molecule has 0 bridgehead atoms. The average molecular weight is 756 g/mol. The van der Waals surface area contributed by atoms with E-state index in [0.29, 0.717) is 31.3 Å². The van der Waals surface area contributed by atoms with Gasteiger partial charge in [-0.05, 0) is 80.9 Å². The number of halogens is 1. The number of carboxylic acid groups (broad SMARTS) is 1. The number of aryl methyl sites for hydroxylation is 1. The Morgan fingerprint density at radius 1 is 1.17 bits per heavy atom. The zero-order chi connectivity index (χ0) is 37.7. The van der Waals surface area contributed by atoms with Crippen LogP contribution in [-0.4, -0.2) is 95.5 Å². The van der Waals surface area contributed by atoms with E-state index in [0.717, 1.165) is 29.5 Å². The average Bonchev–Trinajstić information content (AvgIpc) is 4.03. The predicted octanol–water partition coefficient (Wildman–Crippen LogP) is 3.38. The number of nitrogens with zero attached hydrogens (tertiary/aromatic N) is 2. The van der Waals surface area contributed by atoms with E-state index >= 15 is 0 Å². The molecule has 2 saturated carbocycles. The molecule has 16 heteroatoms. The van der Waals surface area contributed by atoms with E-state index in [-0.39, 0.29) is 44.0 Å². The molecule has 14 nitrogen and oxygen atoms in total. The first kappa shape index (κ1) is 36.9. The summed E-state index contributed by atoms with van der Waals surface area (Å²) in [6, 6.07) is 3.32. The van der Waals surface area contributed by atoms with Gasteiger partial charge in [-0.1, -0.05) is 32.1 Å². The minimum Gasteiger partial charge on any atom is -0.493 e. The SMILES string of the molecule is C[C@@H]1CC/C=C\[C@@H]2C[C@@]2(C(=O)NS(=O)(=O)C2(CF)CC2)NC(=O)[C@@H]2C[C@@H](Oc3nccc4c5c(ccc34)CCCO5)CN2C(=O)[C@@H](NC(=O)O)[C@H](C)C1. The van der Waals surface area contributed by atoms with Crippen LogP contribution in [0.15, 0.2) is 36.5 Å². The number of fused-ring (bicyclic) bond motifs is 5. The zero-order valence-corrected chi connectivity index (χ0v) is 30.6. The van der Waals surface area contributed by atoms with Gasteiger partial charge < -0.3 is 30.1 Å². The van der Waals surface area contributed by atoms with Crippen molar-refractivity contribution in [3.05, 3.63) is 42.1 Å². The molecule has 3 fully saturated rings. The highest BCUT2D eigenvalue weighted by atomic mass is 32.2. The lowest BCUT2D eigenvalue weighted by Crippen LogP contribution is -2.59. The molecule has 1 aromatic carbocycles. The fourth-order valence-corrected chi connectivity index (χ4v) is 9.61. The number of carbonyl (C=O) groups is 4. The minimum absolute atomic E-state index is 0.0247. The molecule has 1 aromatic heterocycles. The lowest BCUT2D eigenvalue weighted by molar-refractivity contribution is -0.142. The van der Waals surface area contributed by atoms with Gasteiger partial charge in [0, 0.05) is 29.3 Å². The van der Waals surface area contributed by atoms with Gasteiger partial charge in [0.05, 0.1) is 13.2 Å². The maximum atomic E-state index is 14.4. The molecule has 2 aromatic rings. The summed E-state index contributed by atoms with van der Waals surface area (Å²) < 4.78 is 52.8. The van der Waals surface area contributed by atoms with Crippen molar-refractivity contribution in [2.24, 2.45) is 17.8 Å². The summed E-state index contributed by atoms with van der Waals surface area (Å²) in [7, 11) is -4.38. The third-order valence-corrected chi connectivity index (χ3v) is 13.7. The molecular formula is C37H46FN5O9S. The topological polar surface area (TPSA) is 193 Å². The fourth-order valence-electron chi connectivity index (χ4n) is 8.19. The monoisotopic (exact) mass is 755 g/mol. The lowest BCUT2D eigenvalue weighted by Gasteiger charge is -2.32. The van der Waals surface area contributed by atoms with E-state index in [1.807, 2.05) is 31.2 Å². The quantitative estimate of drug-likeness (QED) is 0.305. The maximum Gasteiger partial charge on any atom is 0.405 e. The Morgan fingerprint density at radius 2 is 1.96 bits per heavy atom. The summed E-state index contributed by atoms with van der Waals surface area (Å²) >= 11 is 0. The third-order valence-electron chi connectivity index (χ3n) is 11.6. The van der Waals surface area contributed by atoms with E-state index in [1.165, 1.54) is 4.90 Å². The van der Waals surface area contributed by atoms with Crippen molar-refractivity contribution in [1.29, 1.82) is 0 Å². The Balaban J connectivity index is 1.21. The van der Waals surface area contributed by atoms with Crippen LogP contribution in [0.3, 0.4) is 0 Å². The molecule has 286 valence electrons.